The molecule has 2 aliphatic rings. The first kappa shape index (κ1) is 70.3. The van der Waals surface area contributed by atoms with Gasteiger partial charge >= 0.3 is 0 Å². The molecule has 0 aromatic rings. The third-order valence-corrected chi connectivity index (χ3v) is 15.4. The van der Waals surface area contributed by atoms with Gasteiger partial charge in [0.15, 0.2) is 12.6 Å². The minimum Gasteiger partial charge on any atom is -0.394 e. The molecule has 0 bridgehead atoms. The Balaban J connectivity index is 1.70. The fourth-order valence-corrected chi connectivity index (χ4v) is 10.3. The van der Waals surface area contributed by atoms with Gasteiger partial charge in [0.05, 0.1) is 32.0 Å². The first-order valence-corrected chi connectivity index (χ1v) is 31.2. The van der Waals surface area contributed by atoms with Crippen LogP contribution in [0.15, 0.2) is 36.5 Å². The van der Waals surface area contributed by atoms with Crippen LogP contribution in [0.25, 0.3) is 0 Å². The van der Waals surface area contributed by atoms with E-state index in [9.17, 15) is 45.6 Å². The highest BCUT2D eigenvalue weighted by atomic mass is 16.7. The number of hydrogen-bond acceptors (Lipinski definition) is 13. The number of carbonyl (C=O) groups excluding carboxylic acids is 1. The number of aliphatic hydroxyl groups is 8. The van der Waals surface area contributed by atoms with Gasteiger partial charge in [-0.2, -0.15) is 0 Å². The number of hydrogen-bond donors (Lipinski definition) is 9. The lowest BCUT2D eigenvalue weighted by Gasteiger charge is -2.46. The number of allylic oxidation sites excluding steroid dienone is 6. The maximum Gasteiger partial charge on any atom is 0.220 e. The Kier molecular flexibility index (Phi) is 44.4. The maximum atomic E-state index is 13.3. The Bertz CT molecular complexity index is 1410. The van der Waals surface area contributed by atoms with Crippen molar-refractivity contribution in [3.8, 4) is 0 Å². The van der Waals surface area contributed by atoms with Crippen molar-refractivity contribution in [3.63, 3.8) is 0 Å². The normalized spacial score (nSPS) is 25.1. The van der Waals surface area contributed by atoms with Gasteiger partial charge in [-0.05, 0) is 51.4 Å². The van der Waals surface area contributed by atoms with Crippen molar-refractivity contribution in [2.24, 2.45) is 0 Å². The molecule has 2 aliphatic heterocycles. The van der Waals surface area contributed by atoms with Crippen molar-refractivity contribution < 1.29 is 64.6 Å². The smallest absolute Gasteiger partial charge is 0.220 e. The average Bonchev–Trinajstić information content (AvgIpc) is 3.42. The van der Waals surface area contributed by atoms with E-state index in [1.165, 1.54) is 167 Å². The summed E-state index contributed by atoms with van der Waals surface area (Å²) in [7, 11) is 0. The molecule has 2 fully saturated rings. The Morgan fingerprint density at radius 1 is 0.474 bits per heavy atom. The lowest BCUT2D eigenvalue weighted by molar-refractivity contribution is -0.359. The van der Waals surface area contributed by atoms with E-state index < -0.39 is 86.8 Å². The zero-order chi connectivity index (χ0) is 55.3. The van der Waals surface area contributed by atoms with Crippen molar-refractivity contribution in [1.29, 1.82) is 0 Å². The highest BCUT2D eigenvalue weighted by molar-refractivity contribution is 5.76. The number of amides is 1. The molecule has 0 aromatic heterocycles. The molecule has 446 valence electrons. The number of rotatable bonds is 50. The van der Waals surface area contributed by atoms with Crippen LogP contribution >= 0.6 is 0 Å². The van der Waals surface area contributed by atoms with Crippen molar-refractivity contribution in [3.05, 3.63) is 36.5 Å². The average molecular weight is 1080 g/mol. The van der Waals surface area contributed by atoms with E-state index in [1.807, 2.05) is 0 Å². The van der Waals surface area contributed by atoms with Crippen LogP contribution in [-0.2, 0) is 23.7 Å². The molecule has 9 N–H and O–H groups in total. The van der Waals surface area contributed by atoms with Crippen LogP contribution in [0.3, 0.4) is 0 Å². The third-order valence-electron chi connectivity index (χ3n) is 15.4. The predicted octanol–water partition coefficient (Wildman–Crippen LogP) is 11.0. The van der Waals surface area contributed by atoms with E-state index in [2.05, 4.69) is 55.6 Å². The number of ether oxygens (including phenoxy) is 4. The Morgan fingerprint density at radius 3 is 1.33 bits per heavy atom. The van der Waals surface area contributed by atoms with E-state index in [0.29, 0.717) is 12.8 Å². The van der Waals surface area contributed by atoms with Gasteiger partial charge in [0.25, 0.3) is 0 Å². The molecule has 2 saturated heterocycles. The summed E-state index contributed by atoms with van der Waals surface area (Å²) in [6.07, 6.45) is 41.4. The van der Waals surface area contributed by atoms with Crippen LogP contribution in [0.5, 0.6) is 0 Å². The van der Waals surface area contributed by atoms with Crippen LogP contribution < -0.4 is 5.32 Å². The number of unbranched alkanes of at least 4 members (excludes halogenated alkanes) is 31. The van der Waals surface area contributed by atoms with Crippen LogP contribution in [0, 0.1) is 0 Å². The summed E-state index contributed by atoms with van der Waals surface area (Å²) in [5.41, 5.74) is 0. The van der Waals surface area contributed by atoms with Crippen LogP contribution in [-0.4, -0.2) is 140 Å². The summed E-state index contributed by atoms with van der Waals surface area (Å²) < 4.78 is 22.8. The summed E-state index contributed by atoms with van der Waals surface area (Å²) in [6.45, 7) is 2.86. The first-order valence-electron chi connectivity index (χ1n) is 31.2. The highest BCUT2D eigenvalue weighted by Crippen LogP contribution is 2.30. The number of carbonyl (C=O) groups is 1. The SMILES string of the molecule is CCCCCCC/C=C\C/C=C\C/C=C\CCCCCCCCCCCCCCC(=O)NC(COC1OC(CO)C(OC2OC(CO)C(O)C(O)C2O)C(O)C1O)C(O)CCCCCCCCCCCCCCCCC. The molecule has 0 aromatic carbocycles. The maximum absolute atomic E-state index is 13.3. The molecular weight excluding hydrogens is 967 g/mol. The quantitative estimate of drug-likeness (QED) is 0.0204. The Labute approximate surface area is 461 Å². The van der Waals surface area contributed by atoms with Gasteiger partial charge in [-0.15, -0.1) is 0 Å². The van der Waals surface area contributed by atoms with Crippen LogP contribution in [0.2, 0.25) is 0 Å². The van der Waals surface area contributed by atoms with Gasteiger partial charge < -0.3 is 65.1 Å². The molecule has 12 atom stereocenters. The van der Waals surface area contributed by atoms with E-state index in [0.717, 1.165) is 64.2 Å². The number of aliphatic hydroxyl groups excluding tert-OH is 8. The largest absolute Gasteiger partial charge is 0.394 e. The van der Waals surface area contributed by atoms with Gasteiger partial charge in [-0.25, -0.2) is 0 Å². The molecule has 12 unspecified atom stereocenters. The molecule has 0 saturated carbocycles. The summed E-state index contributed by atoms with van der Waals surface area (Å²) in [5.74, 6) is -0.207. The predicted molar refractivity (Wildman–Crippen MR) is 305 cm³/mol. The monoisotopic (exact) mass is 1080 g/mol. The van der Waals surface area contributed by atoms with E-state index >= 15 is 0 Å². The van der Waals surface area contributed by atoms with E-state index in [-0.39, 0.29) is 12.5 Å². The van der Waals surface area contributed by atoms with Crippen molar-refractivity contribution in [2.45, 2.75) is 331 Å². The molecule has 2 heterocycles. The standard InChI is InChI=1S/C62H115NO13/c1-3-5-7-9-11-13-15-17-19-20-21-22-23-24-25-26-27-28-29-30-32-34-36-38-40-42-44-46-54(67)63-50(51(66)45-43-41-39-37-35-33-31-18-16-14-12-10-8-6-4-2)49-73-61-59(72)57(70)60(53(48-65)75-61)76-62-58(71)56(69)55(68)52(47-64)74-62/h15,17,20-21,23-24,50-53,55-62,64-66,68-72H,3-14,16,18-19,22,25-49H2,1-2H3,(H,63,67)/b17-15-,21-20-,24-23-. The minimum atomic E-state index is -1.78. The Morgan fingerprint density at radius 2 is 0.868 bits per heavy atom. The lowest BCUT2D eigenvalue weighted by Crippen LogP contribution is -2.65. The first-order chi connectivity index (χ1) is 37.1. The highest BCUT2D eigenvalue weighted by Gasteiger charge is 2.51. The summed E-state index contributed by atoms with van der Waals surface area (Å²) in [4.78, 5) is 13.3. The summed E-state index contributed by atoms with van der Waals surface area (Å²) >= 11 is 0. The molecule has 0 spiro atoms. The van der Waals surface area contributed by atoms with Gasteiger partial charge in [0.2, 0.25) is 5.91 Å². The molecule has 14 heteroatoms. The second kappa shape index (κ2) is 48.0. The van der Waals surface area contributed by atoms with E-state index in [1.54, 1.807) is 0 Å². The molecular formula is C62H115NO13. The van der Waals surface area contributed by atoms with Crippen LogP contribution in [0.1, 0.15) is 258 Å². The third kappa shape index (κ3) is 33.1. The van der Waals surface area contributed by atoms with Crippen molar-refractivity contribution in [1.82, 2.24) is 5.32 Å². The van der Waals surface area contributed by atoms with Crippen LogP contribution in [0.4, 0.5) is 0 Å². The molecule has 2 rings (SSSR count). The van der Waals surface area contributed by atoms with Gasteiger partial charge in [0, 0.05) is 6.42 Å². The fraction of sp³-hybridized carbons (Fsp3) is 0.887. The molecule has 0 radical (unpaired) electrons. The number of nitrogens with one attached hydrogen (secondary N) is 1. The summed E-state index contributed by atoms with van der Waals surface area (Å²) in [5, 5.41) is 87.3. The lowest BCUT2D eigenvalue weighted by atomic mass is 9.97. The fourth-order valence-electron chi connectivity index (χ4n) is 10.3. The molecule has 14 nitrogen and oxygen atoms in total. The van der Waals surface area contributed by atoms with Crippen molar-refractivity contribution >= 4 is 5.91 Å². The second-order valence-corrected chi connectivity index (χ2v) is 22.2. The van der Waals surface area contributed by atoms with Gasteiger partial charge in [-0.3, -0.25) is 4.79 Å². The zero-order valence-corrected chi connectivity index (χ0v) is 48.0. The van der Waals surface area contributed by atoms with E-state index in [4.69, 9.17) is 18.9 Å². The van der Waals surface area contributed by atoms with Gasteiger partial charge in [-0.1, -0.05) is 237 Å². The topological polar surface area (TPSA) is 228 Å². The molecule has 0 aliphatic carbocycles. The Hall–Kier alpha value is -1.79. The minimum absolute atomic E-state index is 0.207. The molecule has 1 amide bonds. The molecule has 76 heavy (non-hydrogen) atoms. The van der Waals surface area contributed by atoms with Crippen molar-refractivity contribution in [2.75, 3.05) is 19.8 Å². The summed E-state index contributed by atoms with van der Waals surface area (Å²) in [6, 6.07) is -0.829. The van der Waals surface area contributed by atoms with Gasteiger partial charge in [0.1, 0.15) is 48.8 Å². The second-order valence-electron chi connectivity index (χ2n) is 22.2. The zero-order valence-electron chi connectivity index (χ0n) is 48.0.